The van der Waals surface area contributed by atoms with Gasteiger partial charge in [-0.15, -0.1) is 0 Å². The van der Waals surface area contributed by atoms with Gasteiger partial charge in [0.15, 0.2) is 0 Å². The van der Waals surface area contributed by atoms with Crippen LogP contribution in [-0.4, -0.2) is 31.5 Å². The van der Waals surface area contributed by atoms with Crippen LogP contribution in [0, 0.1) is 17.0 Å². The zero-order valence-electron chi connectivity index (χ0n) is 13.4. The van der Waals surface area contributed by atoms with Crippen LogP contribution in [0.3, 0.4) is 0 Å². The van der Waals surface area contributed by atoms with Gasteiger partial charge in [-0.05, 0) is 25.1 Å². The van der Waals surface area contributed by atoms with Gasteiger partial charge in [0.25, 0.3) is 5.91 Å². The quantitative estimate of drug-likeness (QED) is 0.413. The van der Waals surface area contributed by atoms with Gasteiger partial charge in [0, 0.05) is 22.8 Å². The van der Waals surface area contributed by atoms with Crippen LogP contribution in [0.25, 0.3) is 5.65 Å². The molecule has 3 rings (SSSR count). The van der Waals surface area contributed by atoms with Crippen LogP contribution >= 0.6 is 11.6 Å². The molecule has 2 aromatic heterocycles. The molecule has 0 bridgehead atoms. The Morgan fingerprint density at radius 2 is 2.23 bits per heavy atom. The number of aryl methyl sites for hydroxylation is 1. The summed E-state index contributed by atoms with van der Waals surface area (Å²) < 4.78 is 1.61. The van der Waals surface area contributed by atoms with Gasteiger partial charge in [-0.25, -0.2) is 10.4 Å². The number of nitro benzene ring substituents is 1. The maximum Gasteiger partial charge on any atom is 0.312 e. The van der Waals surface area contributed by atoms with Crippen molar-refractivity contribution < 1.29 is 14.8 Å². The van der Waals surface area contributed by atoms with Gasteiger partial charge in [-0.3, -0.25) is 19.3 Å². The Morgan fingerprint density at radius 1 is 1.46 bits per heavy atom. The SMILES string of the molecule is Cc1nc2ccccn2c1C(=O)N/N=C/c1cc(Cl)cc([N+](=O)[O-])c1O. The summed E-state index contributed by atoms with van der Waals surface area (Å²) >= 11 is 5.80. The lowest BCUT2D eigenvalue weighted by molar-refractivity contribution is -0.385. The number of nitrogens with one attached hydrogen (secondary N) is 1. The van der Waals surface area contributed by atoms with Gasteiger partial charge in [0.05, 0.1) is 16.8 Å². The summed E-state index contributed by atoms with van der Waals surface area (Å²) in [7, 11) is 0. The molecule has 0 saturated heterocycles. The van der Waals surface area contributed by atoms with Crippen molar-refractivity contribution in [2.75, 3.05) is 0 Å². The number of aromatic hydroxyl groups is 1. The summed E-state index contributed by atoms with van der Waals surface area (Å²) in [5.41, 5.74) is 3.19. The first kappa shape index (κ1) is 17.4. The average molecular weight is 374 g/mol. The molecular weight excluding hydrogens is 362 g/mol. The van der Waals surface area contributed by atoms with E-state index in [1.807, 2.05) is 0 Å². The number of carbonyl (C=O) groups is 1. The fourth-order valence-electron chi connectivity index (χ4n) is 2.44. The van der Waals surface area contributed by atoms with E-state index in [1.54, 1.807) is 35.7 Å². The lowest BCUT2D eigenvalue weighted by atomic mass is 10.2. The van der Waals surface area contributed by atoms with Crippen molar-refractivity contribution in [3.63, 3.8) is 0 Å². The highest BCUT2D eigenvalue weighted by Crippen LogP contribution is 2.32. The maximum atomic E-state index is 12.4. The minimum absolute atomic E-state index is 0.000589. The highest BCUT2D eigenvalue weighted by Gasteiger charge is 2.18. The van der Waals surface area contributed by atoms with Gasteiger partial charge >= 0.3 is 5.69 Å². The molecule has 26 heavy (non-hydrogen) atoms. The minimum Gasteiger partial charge on any atom is -0.502 e. The van der Waals surface area contributed by atoms with E-state index in [4.69, 9.17) is 11.6 Å². The minimum atomic E-state index is -0.765. The second kappa shape index (κ2) is 6.81. The number of hydrazone groups is 1. The van der Waals surface area contributed by atoms with Crippen molar-refractivity contribution in [2.24, 2.45) is 5.10 Å². The van der Waals surface area contributed by atoms with E-state index < -0.39 is 22.3 Å². The number of phenolic OH excluding ortho intramolecular Hbond substituents is 1. The number of pyridine rings is 1. The fraction of sp³-hybridized carbons (Fsp3) is 0.0625. The van der Waals surface area contributed by atoms with Gasteiger partial charge in [-0.2, -0.15) is 5.10 Å². The zero-order chi connectivity index (χ0) is 18.8. The van der Waals surface area contributed by atoms with Gasteiger partial charge in [0.2, 0.25) is 5.75 Å². The molecule has 0 aliphatic rings. The van der Waals surface area contributed by atoms with E-state index in [9.17, 15) is 20.0 Å². The number of nitro groups is 1. The number of carbonyl (C=O) groups excluding carboxylic acids is 1. The third kappa shape index (κ3) is 3.20. The van der Waals surface area contributed by atoms with Crippen LogP contribution in [0.15, 0.2) is 41.6 Å². The number of nitrogens with zero attached hydrogens (tertiary/aromatic N) is 4. The van der Waals surface area contributed by atoms with E-state index in [1.165, 1.54) is 6.07 Å². The van der Waals surface area contributed by atoms with Crippen molar-refractivity contribution in [2.45, 2.75) is 6.92 Å². The molecule has 0 atom stereocenters. The molecule has 0 saturated carbocycles. The standard InChI is InChI=1S/C16H12ClN5O4/c1-9-14(21-5-3-2-4-13(21)19-9)16(24)20-18-8-10-6-11(17)7-12(15(10)23)22(25)26/h2-8,23H,1H3,(H,20,24)/b18-8+. The lowest BCUT2D eigenvalue weighted by Crippen LogP contribution is -2.20. The smallest absolute Gasteiger partial charge is 0.312 e. The molecule has 9 nitrogen and oxygen atoms in total. The van der Waals surface area contributed by atoms with Crippen molar-refractivity contribution in [3.05, 3.63) is 68.6 Å². The topological polar surface area (TPSA) is 122 Å². The van der Waals surface area contributed by atoms with Gasteiger partial charge in [0.1, 0.15) is 11.3 Å². The molecule has 0 aliphatic carbocycles. The Hall–Kier alpha value is -3.46. The van der Waals surface area contributed by atoms with Crippen molar-refractivity contribution >= 4 is 35.1 Å². The van der Waals surface area contributed by atoms with E-state index >= 15 is 0 Å². The molecule has 3 aromatic rings. The molecule has 2 N–H and O–H groups in total. The van der Waals surface area contributed by atoms with Crippen LogP contribution in [0.4, 0.5) is 5.69 Å². The molecule has 0 radical (unpaired) electrons. The predicted molar refractivity (Wildman–Crippen MR) is 94.8 cm³/mol. The number of aromatic nitrogens is 2. The van der Waals surface area contributed by atoms with Crippen molar-refractivity contribution in [1.82, 2.24) is 14.8 Å². The molecule has 0 fully saturated rings. The molecule has 0 spiro atoms. The van der Waals surface area contributed by atoms with E-state index in [-0.39, 0.29) is 10.6 Å². The number of halogens is 1. The van der Waals surface area contributed by atoms with Crippen LogP contribution < -0.4 is 5.43 Å². The Labute approximate surface area is 151 Å². The third-order valence-electron chi connectivity index (χ3n) is 3.57. The first-order chi connectivity index (χ1) is 12.4. The van der Waals surface area contributed by atoms with Crippen LogP contribution in [-0.2, 0) is 0 Å². The molecule has 10 heteroatoms. The number of fused-ring (bicyclic) bond motifs is 1. The average Bonchev–Trinajstić information content (AvgIpc) is 2.93. The van der Waals surface area contributed by atoms with Crippen molar-refractivity contribution in [3.8, 4) is 5.75 Å². The number of hydrogen-bond acceptors (Lipinski definition) is 6. The van der Waals surface area contributed by atoms with Crippen LogP contribution in [0.2, 0.25) is 5.02 Å². The molecule has 2 heterocycles. The summed E-state index contributed by atoms with van der Waals surface area (Å²) in [6.45, 7) is 1.69. The summed E-state index contributed by atoms with van der Waals surface area (Å²) in [6.07, 6.45) is 2.77. The highest BCUT2D eigenvalue weighted by atomic mass is 35.5. The number of hydrogen-bond donors (Lipinski definition) is 2. The first-order valence-electron chi connectivity index (χ1n) is 7.32. The number of amides is 1. The fourth-order valence-corrected chi connectivity index (χ4v) is 2.66. The largest absolute Gasteiger partial charge is 0.502 e. The van der Waals surface area contributed by atoms with Crippen molar-refractivity contribution in [1.29, 1.82) is 0 Å². The van der Waals surface area contributed by atoms with Gasteiger partial charge < -0.3 is 5.11 Å². The molecule has 0 unspecified atom stereocenters. The Balaban J connectivity index is 1.86. The second-order valence-corrected chi connectivity index (χ2v) is 5.73. The van der Waals surface area contributed by atoms with Gasteiger partial charge in [-0.1, -0.05) is 17.7 Å². The molecule has 1 amide bonds. The monoisotopic (exact) mass is 373 g/mol. The van der Waals surface area contributed by atoms with Crippen LogP contribution in [0.5, 0.6) is 5.75 Å². The third-order valence-corrected chi connectivity index (χ3v) is 3.79. The van der Waals surface area contributed by atoms with E-state index in [0.717, 1.165) is 12.3 Å². The summed E-state index contributed by atoms with van der Waals surface area (Å²) in [5, 5.41) is 24.6. The lowest BCUT2D eigenvalue weighted by Gasteiger charge is -2.03. The summed E-state index contributed by atoms with van der Waals surface area (Å²) in [5.74, 6) is -1.11. The summed E-state index contributed by atoms with van der Waals surface area (Å²) in [6, 6.07) is 7.64. The second-order valence-electron chi connectivity index (χ2n) is 5.29. The molecular formula is C16H12ClN5O4. The molecule has 0 aliphatic heterocycles. The molecule has 132 valence electrons. The normalized spacial score (nSPS) is 11.2. The predicted octanol–water partition coefficient (Wildman–Crippen LogP) is 2.67. The number of benzene rings is 1. The Morgan fingerprint density at radius 3 is 2.96 bits per heavy atom. The number of rotatable bonds is 4. The number of phenols is 1. The molecule has 1 aromatic carbocycles. The Bertz CT molecular complexity index is 1060. The van der Waals surface area contributed by atoms with Crippen LogP contribution in [0.1, 0.15) is 21.7 Å². The summed E-state index contributed by atoms with van der Waals surface area (Å²) in [4.78, 5) is 26.8. The number of imidazole rings is 1. The maximum absolute atomic E-state index is 12.4. The highest BCUT2D eigenvalue weighted by molar-refractivity contribution is 6.31. The van der Waals surface area contributed by atoms with E-state index in [2.05, 4.69) is 15.5 Å². The Kier molecular flexibility index (Phi) is 4.55. The zero-order valence-corrected chi connectivity index (χ0v) is 14.1. The first-order valence-corrected chi connectivity index (χ1v) is 7.70. The van der Waals surface area contributed by atoms with E-state index in [0.29, 0.717) is 17.0 Å².